The number of benzene rings is 2. The Labute approximate surface area is 187 Å². The lowest BCUT2D eigenvalue weighted by molar-refractivity contribution is -0.137. The maximum atomic E-state index is 12.9. The first-order valence-electron chi connectivity index (χ1n) is 11.0. The zero-order chi connectivity index (χ0) is 23.0. The molecule has 32 heavy (non-hydrogen) atoms. The van der Waals surface area contributed by atoms with Crippen molar-refractivity contribution < 1.29 is 18.0 Å². The van der Waals surface area contributed by atoms with Crippen LogP contribution in [-0.4, -0.2) is 57.1 Å². The minimum atomic E-state index is -4.30. The Morgan fingerprint density at radius 3 is 2.38 bits per heavy atom. The Bertz CT molecular complexity index is 862. The molecule has 1 heterocycles. The molecule has 3 rings (SSSR count). The summed E-state index contributed by atoms with van der Waals surface area (Å²) in [6.07, 6.45) is -2.17. The van der Waals surface area contributed by atoms with Gasteiger partial charge >= 0.3 is 6.18 Å². The van der Waals surface area contributed by atoms with E-state index in [1.807, 2.05) is 29.2 Å². The van der Waals surface area contributed by atoms with Crippen LogP contribution in [0.25, 0.3) is 0 Å². The molecule has 0 atom stereocenters. The number of carbonyl (C=O) groups is 1. The number of carbonyl (C=O) groups excluding carboxylic acids is 1. The molecule has 1 amide bonds. The fraction of sp³-hybridized carbons (Fsp3) is 0.458. The second-order valence-corrected chi connectivity index (χ2v) is 8.04. The average molecular weight is 449 g/mol. The zero-order valence-electron chi connectivity index (χ0n) is 18.4. The van der Waals surface area contributed by atoms with Gasteiger partial charge in [-0.05, 0) is 61.8 Å². The molecule has 0 radical (unpaired) electrons. The van der Waals surface area contributed by atoms with Crippen LogP contribution in [0.15, 0.2) is 48.5 Å². The lowest BCUT2D eigenvalue weighted by Crippen LogP contribution is -2.46. The normalized spacial score (nSPS) is 15.1. The molecule has 0 unspecified atom stereocenters. The van der Waals surface area contributed by atoms with Crippen LogP contribution in [0.5, 0.6) is 0 Å². The van der Waals surface area contributed by atoms with Gasteiger partial charge in [-0.2, -0.15) is 13.2 Å². The van der Waals surface area contributed by atoms with Crippen LogP contribution in [-0.2, 0) is 12.7 Å². The highest BCUT2D eigenvalue weighted by Gasteiger charge is 2.31. The van der Waals surface area contributed by atoms with E-state index in [2.05, 4.69) is 15.5 Å². The molecule has 0 aromatic heterocycles. The van der Waals surface area contributed by atoms with Gasteiger partial charge in [0.1, 0.15) is 0 Å². The number of piperazine rings is 1. The number of unbranched alkanes of at least 4 members (excludes halogenated alkanes) is 1. The standard InChI is InChI=1S/C24H31F3N4O/c1-28-23(32)20-9-7-19(8-10-20)18-29-11-2-3-12-30-13-15-31(16-14-30)22-6-4-5-21(17-22)24(25,26)27/h4-10,17,29H,2-3,11-16,18H2,1H3,(H,28,32). The number of nitrogens with zero attached hydrogens (tertiary/aromatic N) is 2. The smallest absolute Gasteiger partial charge is 0.369 e. The first kappa shape index (κ1) is 24.1. The summed E-state index contributed by atoms with van der Waals surface area (Å²) in [7, 11) is 1.62. The van der Waals surface area contributed by atoms with E-state index in [-0.39, 0.29) is 5.91 Å². The van der Waals surface area contributed by atoms with Gasteiger partial charge in [-0.25, -0.2) is 0 Å². The third-order valence-electron chi connectivity index (χ3n) is 5.76. The summed E-state index contributed by atoms with van der Waals surface area (Å²) in [4.78, 5) is 16.0. The second kappa shape index (κ2) is 11.3. The number of hydrogen-bond donors (Lipinski definition) is 2. The third-order valence-corrected chi connectivity index (χ3v) is 5.76. The minimum Gasteiger partial charge on any atom is -0.369 e. The number of rotatable bonds is 9. The SMILES string of the molecule is CNC(=O)c1ccc(CNCCCCN2CCN(c3cccc(C(F)(F)F)c3)CC2)cc1. The molecule has 5 nitrogen and oxygen atoms in total. The quantitative estimate of drug-likeness (QED) is 0.574. The molecule has 1 aliphatic rings. The zero-order valence-corrected chi connectivity index (χ0v) is 18.4. The predicted octanol–water partition coefficient (Wildman–Crippen LogP) is 3.76. The first-order valence-corrected chi connectivity index (χ1v) is 11.0. The van der Waals surface area contributed by atoms with Gasteiger partial charge < -0.3 is 15.5 Å². The monoisotopic (exact) mass is 448 g/mol. The van der Waals surface area contributed by atoms with Crippen molar-refractivity contribution in [2.75, 3.05) is 51.2 Å². The van der Waals surface area contributed by atoms with Gasteiger partial charge in [0.05, 0.1) is 5.56 Å². The Kier molecular flexibility index (Phi) is 8.53. The van der Waals surface area contributed by atoms with Gasteiger partial charge in [-0.15, -0.1) is 0 Å². The Morgan fingerprint density at radius 1 is 1.00 bits per heavy atom. The molecule has 2 aromatic carbocycles. The predicted molar refractivity (Wildman–Crippen MR) is 121 cm³/mol. The molecule has 0 spiro atoms. The molecule has 8 heteroatoms. The van der Waals surface area contributed by atoms with Crippen LogP contribution >= 0.6 is 0 Å². The fourth-order valence-corrected chi connectivity index (χ4v) is 3.85. The number of halogens is 3. The first-order chi connectivity index (χ1) is 15.4. The van der Waals surface area contributed by atoms with Crippen LogP contribution in [0, 0.1) is 0 Å². The molecule has 1 aliphatic heterocycles. The number of alkyl halides is 3. The van der Waals surface area contributed by atoms with E-state index in [0.29, 0.717) is 11.3 Å². The minimum absolute atomic E-state index is 0.0832. The summed E-state index contributed by atoms with van der Waals surface area (Å²) < 4.78 is 38.8. The van der Waals surface area contributed by atoms with E-state index in [4.69, 9.17) is 0 Å². The highest BCUT2D eigenvalue weighted by Crippen LogP contribution is 2.31. The van der Waals surface area contributed by atoms with E-state index >= 15 is 0 Å². The summed E-state index contributed by atoms with van der Waals surface area (Å²) >= 11 is 0. The Balaban J connectivity index is 1.30. The number of amides is 1. The van der Waals surface area contributed by atoms with Crippen LogP contribution in [0.4, 0.5) is 18.9 Å². The fourth-order valence-electron chi connectivity index (χ4n) is 3.85. The highest BCUT2D eigenvalue weighted by molar-refractivity contribution is 5.93. The van der Waals surface area contributed by atoms with Gasteiger partial charge in [0.25, 0.3) is 5.91 Å². The molecular formula is C24H31F3N4O. The van der Waals surface area contributed by atoms with E-state index in [9.17, 15) is 18.0 Å². The van der Waals surface area contributed by atoms with Gasteiger partial charge in [-0.3, -0.25) is 9.69 Å². The van der Waals surface area contributed by atoms with Gasteiger partial charge in [0.15, 0.2) is 0 Å². The maximum Gasteiger partial charge on any atom is 0.416 e. The highest BCUT2D eigenvalue weighted by atomic mass is 19.4. The number of anilines is 1. The van der Waals surface area contributed by atoms with Crippen LogP contribution in [0.1, 0.15) is 34.3 Å². The van der Waals surface area contributed by atoms with Crippen molar-refractivity contribution in [1.82, 2.24) is 15.5 Å². The molecule has 2 aromatic rings. The molecule has 0 aliphatic carbocycles. The maximum absolute atomic E-state index is 12.9. The van der Waals surface area contributed by atoms with Crippen molar-refractivity contribution in [3.63, 3.8) is 0 Å². The lowest BCUT2D eigenvalue weighted by Gasteiger charge is -2.36. The van der Waals surface area contributed by atoms with Crippen LogP contribution < -0.4 is 15.5 Å². The summed E-state index contributed by atoms with van der Waals surface area (Å²) in [6, 6.07) is 13.2. The number of nitrogens with one attached hydrogen (secondary N) is 2. The third kappa shape index (κ3) is 6.97. The molecule has 0 bridgehead atoms. The van der Waals surface area contributed by atoms with Crippen molar-refractivity contribution in [1.29, 1.82) is 0 Å². The molecular weight excluding hydrogens is 417 g/mol. The van der Waals surface area contributed by atoms with Gasteiger partial charge in [0.2, 0.25) is 0 Å². The van der Waals surface area contributed by atoms with Crippen molar-refractivity contribution in [2.24, 2.45) is 0 Å². The summed E-state index contributed by atoms with van der Waals surface area (Å²) in [5.74, 6) is -0.0832. The van der Waals surface area contributed by atoms with Gasteiger partial charge in [-0.1, -0.05) is 18.2 Å². The van der Waals surface area contributed by atoms with E-state index < -0.39 is 11.7 Å². The van der Waals surface area contributed by atoms with Crippen molar-refractivity contribution >= 4 is 11.6 Å². The largest absolute Gasteiger partial charge is 0.416 e. The van der Waals surface area contributed by atoms with E-state index in [1.54, 1.807) is 13.1 Å². The molecule has 1 fully saturated rings. The van der Waals surface area contributed by atoms with Gasteiger partial charge in [0, 0.05) is 51.0 Å². The van der Waals surface area contributed by atoms with Crippen LogP contribution in [0.2, 0.25) is 0 Å². The lowest BCUT2D eigenvalue weighted by atomic mass is 10.1. The molecule has 2 N–H and O–H groups in total. The summed E-state index contributed by atoms with van der Waals surface area (Å²) in [5, 5.41) is 6.04. The van der Waals surface area contributed by atoms with Crippen molar-refractivity contribution in [2.45, 2.75) is 25.6 Å². The summed E-state index contributed by atoms with van der Waals surface area (Å²) in [6.45, 7) is 5.89. The molecule has 1 saturated heterocycles. The van der Waals surface area contributed by atoms with Crippen molar-refractivity contribution in [3.8, 4) is 0 Å². The van der Waals surface area contributed by atoms with E-state index in [0.717, 1.165) is 70.3 Å². The van der Waals surface area contributed by atoms with Crippen LogP contribution in [0.3, 0.4) is 0 Å². The number of hydrogen-bond acceptors (Lipinski definition) is 4. The molecule has 0 saturated carbocycles. The van der Waals surface area contributed by atoms with E-state index in [1.165, 1.54) is 12.1 Å². The topological polar surface area (TPSA) is 47.6 Å². The summed E-state index contributed by atoms with van der Waals surface area (Å²) in [5.41, 5.74) is 1.85. The average Bonchev–Trinajstić information content (AvgIpc) is 2.81. The second-order valence-electron chi connectivity index (χ2n) is 8.04. The molecule has 174 valence electrons. The Morgan fingerprint density at radius 2 is 1.72 bits per heavy atom. The Hall–Kier alpha value is -2.58. The van der Waals surface area contributed by atoms with Crippen molar-refractivity contribution in [3.05, 3.63) is 65.2 Å².